The number of rotatable bonds is 6. The lowest BCUT2D eigenvalue weighted by Gasteiger charge is -2.14. The highest BCUT2D eigenvalue weighted by Crippen LogP contribution is 2.31. The third kappa shape index (κ3) is 3.61. The van der Waals surface area contributed by atoms with Crippen LogP contribution in [0.2, 0.25) is 0 Å². The number of hydrogen-bond acceptors (Lipinski definition) is 5. The molecule has 2 rings (SSSR count). The van der Waals surface area contributed by atoms with Crippen LogP contribution < -0.4 is 10.5 Å². The topological polar surface area (TPSA) is 103 Å². The van der Waals surface area contributed by atoms with Gasteiger partial charge in [0, 0.05) is 11.6 Å². The summed E-state index contributed by atoms with van der Waals surface area (Å²) in [6.07, 6.45) is 0. The van der Waals surface area contributed by atoms with Crippen molar-refractivity contribution in [2.75, 3.05) is 12.3 Å². The Bertz CT molecular complexity index is 707. The van der Waals surface area contributed by atoms with Gasteiger partial charge in [-0.3, -0.25) is 0 Å². The molecule has 23 heavy (non-hydrogen) atoms. The van der Waals surface area contributed by atoms with Gasteiger partial charge in [0.1, 0.15) is 11.4 Å². The Morgan fingerprint density at radius 2 is 2.04 bits per heavy atom. The first-order valence-electron chi connectivity index (χ1n) is 7.52. The summed E-state index contributed by atoms with van der Waals surface area (Å²) in [5.74, 6) is -0.146. The zero-order chi connectivity index (χ0) is 17.1. The first kappa shape index (κ1) is 16.8. The Labute approximate surface area is 135 Å². The molecule has 7 heteroatoms. The molecule has 124 valence electrons. The van der Waals surface area contributed by atoms with Crippen LogP contribution in [0, 0.1) is 5.92 Å². The van der Waals surface area contributed by atoms with Crippen molar-refractivity contribution in [1.82, 2.24) is 15.0 Å². The molecular formula is C16H22N4O3. The minimum atomic E-state index is -1.12. The Hall–Kier alpha value is -2.57. The number of aromatic carboxylic acids is 1. The molecule has 0 saturated heterocycles. The van der Waals surface area contributed by atoms with Gasteiger partial charge in [-0.15, -0.1) is 5.10 Å². The number of nitrogens with zero attached hydrogens (tertiary/aromatic N) is 3. The number of nitrogens with two attached hydrogens (primary N) is 1. The Morgan fingerprint density at radius 1 is 1.35 bits per heavy atom. The zero-order valence-electron chi connectivity index (χ0n) is 13.8. The van der Waals surface area contributed by atoms with Gasteiger partial charge in [-0.25, -0.2) is 9.48 Å². The second-order valence-electron chi connectivity index (χ2n) is 6.09. The molecule has 0 atom stereocenters. The number of anilines is 1. The molecule has 0 unspecified atom stereocenters. The monoisotopic (exact) mass is 318 g/mol. The van der Waals surface area contributed by atoms with Crippen LogP contribution in [0.15, 0.2) is 18.2 Å². The molecule has 2 aromatic rings. The van der Waals surface area contributed by atoms with Crippen molar-refractivity contribution in [3.8, 4) is 17.0 Å². The van der Waals surface area contributed by atoms with Crippen LogP contribution >= 0.6 is 0 Å². The molecular weight excluding hydrogens is 296 g/mol. The summed E-state index contributed by atoms with van der Waals surface area (Å²) in [4.78, 5) is 11.4. The number of carboxylic acid groups (broad SMARTS) is 1. The van der Waals surface area contributed by atoms with Crippen molar-refractivity contribution in [2.24, 2.45) is 5.92 Å². The quantitative estimate of drug-likeness (QED) is 0.794. The van der Waals surface area contributed by atoms with Crippen molar-refractivity contribution >= 4 is 11.7 Å². The van der Waals surface area contributed by atoms with Gasteiger partial charge >= 0.3 is 5.97 Å². The smallest absolute Gasteiger partial charge is 0.358 e. The number of nitrogen functional groups attached to an aromatic ring is 1. The van der Waals surface area contributed by atoms with E-state index in [0.29, 0.717) is 35.2 Å². The van der Waals surface area contributed by atoms with E-state index in [1.54, 1.807) is 22.9 Å². The third-order valence-corrected chi connectivity index (χ3v) is 3.24. The van der Waals surface area contributed by atoms with Gasteiger partial charge in [0.2, 0.25) is 0 Å². The van der Waals surface area contributed by atoms with Gasteiger partial charge in [0.25, 0.3) is 0 Å². The summed E-state index contributed by atoms with van der Waals surface area (Å²) in [6.45, 7) is 8.49. The fourth-order valence-electron chi connectivity index (χ4n) is 2.15. The minimum absolute atomic E-state index is 0.0244. The second kappa shape index (κ2) is 6.68. The van der Waals surface area contributed by atoms with Crippen LogP contribution in [-0.4, -0.2) is 32.7 Å². The van der Waals surface area contributed by atoms with E-state index in [1.165, 1.54) is 0 Å². The Kier molecular flexibility index (Phi) is 4.88. The lowest BCUT2D eigenvalue weighted by atomic mass is 10.1. The van der Waals surface area contributed by atoms with Gasteiger partial charge in [-0.2, -0.15) is 0 Å². The molecule has 1 aromatic carbocycles. The summed E-state index contributed by atoms with van der Waals surface area (Å²) in [5.41, 5.74) is 7.50. The van der Waals surface area contributed by atoms with Crippen molar-refractivity contribution in [3.63, 3.8) is 0 Å². The lowest BCUT2D eigenvalue weighted by molar-refractivity contribution is 0.0691. The predicted octanol–water partition coefficient (Wildman–Crippen LogP) is 2.84. The average Bonchev–Trinajstić information content (AvgIpc) is 2.90. The van der Waals surface area contributed by atoms with Crippen molar-refractivity contribution in [2.45, 2.75) is 33.7 Å². The largest absolute Gasteiger partial charge is 0.491 e. The summed E-state index contributed by atoms with van der Waals surface area (Å²) < 4.78 is 7.22. The number of ether oxygens (including phenoxy) is 1. The van der Waals surface area contributed by atoms with Gasteiger partial charge in [-0.05, 0) is 38.0 Å². The van der Waals surface area contributed by atoms with Crippen LogP contribution in [0.3, 0.4) is 0 Å². The summed E-state index contributed by atoms with van der Waals surface area (Å²) in [7, 11) is 0. The Morgan fingerprint density at radius 3 is 2.57 bits per heavy atom. The molecule has 3 N–H and O–H groups in total. The van der Waals surface area contributed by atoms with E-state index >= 15 is 0 Å². The lowest BCUT2D eigenvalue weighted by Crippen LogP contribution is -2.08. The van der Waals surface area contributed by atoms with Gasteiger partial charge in [0.15, 0.2) is 5.69 Å². The fraction of sp³-hybridized carbons (Fsp3) is 0.438. The van der Waals surface area contributed by atoms with E-state index in [1.807, 2.05) is 13.8 Å². The molecule has 0 bridgehead atoms. The van der Waals surface area contributed by atoms with E-state index in [2.05, 4.69) is 24.2 Å². The highest BCUT2D eigenvalue weighted by atomic mass is 16.5. The van der Waals surface area contributed by atoms with Crippen LogP contribution in [0.1, 0.15) is 44.2 Å². The predicted molar refractivity (Wildman–Crippen MR) is 87.5 cm³/mol. The highest BCUT2D eigenvalue weighted by Gasteiger charge is 2.22. The molecule has 1 heterocycles. The molecule has 7 nitrogen and oxygen atoms in total. The molecule has 0 aliphatic carbocycles. The standard InChI is InChI=1S/C16H22N4O3/c1-9(2)8-23-13-6-5-11(7-12(13)17)15-14(16(21)22)18-19-20(15)10(3)4/h5-7,9-10H,8,17H2,1-4H3,(H,21,22). The van der Waals surface area contributed by atoms with E-state index < -0.39 is 5.97 Å². The van der Waals surface area contributed by atoms with E-state index in [9.17, 15) is 9.90 Å². The average molecular weight is 318 g/mol. The van der Waals surface area contributed by atoms with Crippen molar-refractivity contribution < 1.29 is 14.6 Å². The zero-order valence-corrected chi connectivity index (χ0v) is 13.8. The molecule has 0 amide bonds. The van der Waals surface area contributed by atoms with Crippen LogP contribution in [0.4, 0.5) is 5.69 Å². The number of benzene rings is 1. The minimum Gasteiger partial charge on any atom is -0.491 e. The van der Waals surface area contributed by atoms with E-state index in [4.69, 9.17) is 10.5 Å². The maximum Gasteiger partial charge on any atom is 0.358 e. The first-order chi connectivity index (χ1) is 10.8. The van der Waals surface area contributed by atoms with E-state index in [0.717, 1.165) is 0 Å². The van der Waals surface area contributed by atoms with Crippen LogP contribution in [-0.2, 0) is 0 Å². The van der Waals surface area contributed by atoms with E-state index in [-0.39, 0.29) is 11.7 Å². The van der Waals surface area contributed by atoms with Crippen LogP contribution in [0.25, 0.3) is 11.3 Å². The Balaban J connectivity index is 2.44. The maximum atomic E-state index is 11.4. The highest BCUT2D eigenvalue weighted by molar-refractivity contribution is 5.93. The maximum absolute atomic E-state index is 11.4. The first-order valence-corrected chi connectivity index (χ1v) is 7.52. The second-order valence-corrected chi connectivity index (χ2v) is 6.09. The summed E-state index contributed by atoms with van der Waals surface area (Å²) in [6, 6.07) is 5.19. The molecule has 1 aromatic heterocycles. The van der Waals surface area contributed by atoms with Gasteiger partial charge < -0.3 is 15.6 Å². The fourth-order valence-corrected chi connectivity index (χ4v) is 2.15. The van der Waals surface area contributed by atoms with Crippen molar-refractivity contribution in [3.05, 3.63) is 23.9 Å². The molecule has 0 aliphatic rings. The third-order valence-electron chi connectivity index (χ3n) is 3.24. The molecule has 0 saturated carbocycles. The molecule has 0 spiro atoms. The number of carbonyl (C=O) groups is 1. The number of carboxylic acids is 1. The molecule has 0 aliphatic heterocycles. The summed E-state index contributed by atoms with van der Waals surface area (Å²) >= 11 is 0. The van der Waals surface area contributed by atoms with Crippen molar-refractivity contribution in [1.29, 1.82) is 0 Å². The number of hydrogen-bond donors (Lipinski definition) is 2. The SMILES string of the molecule is CC(C)COc1ccc(-c2c(C(=O)O)nnn2C(C)C)cc1N. The summed E-state index contributed by atoms with van der Waals surface area (Å²) in [5, 5.41) is 17.0. The molecule has 0 fully saturated rings. The number of aromatic nitrogens is 3. The van der Waals surface area contributed by atoms with Crippen LogP contribution in [0.5, 0.6) is 5.75 Å². The normalized spacial score (nSPS) is 11.2. The van der Waals surface area contributed by atoms with Gasteiger partial charge in [0.05, 0.1) is 12.3 Å². The van der Waals surface area contributed by atoms with Gasteiger partial charge in [-0.1, -0.05) is 19.1 Å². The molecule has 0 radical (unpaired) electrons.